The summed E-state index contributed by atoms with van der Waals surface area (Å²) in [5.74, 6) is 0.781. The minimum atomic E-state index is -0.659. The molecule has 106 valence electrons. The highest BCUT2D eigenvalue weighted by Gasteiger charge is 2.12. The van der Waals surface area contributed by atoms with E-state index in [4.69, 9.17) is 0 Å². The van der Waals surface area contributed by atoms with E-state index in [1.54, 1.807) is 18.7 Å². The largest absolute Gasteiger partial charge is 0.384 e. The number of aliphatic hydroxyl groups is 1. The van der Waals surface area contributed by atoms with Crippen LogP contribution in [0.5, 0.6) is 0 Å². The SMILES string of the molecule is Cc1ccc(C(O)c2ccc(-n3ccnc3)nc2)cc1C. The van der Waals surface area contributed by atoms with E-state index in [9.17, 15) is 5.11 Å². The van der Waals surface area contributed by atoms with Crippen molar-refractivity contribution in [2.45, 2.75) is 20.0 Å². The molecule has 0 spiro atoms. The molecule has 0 aliphatic heterocycles. The molecule has 0 fully saturated rings. The van der Waals surface area contributed by atoms with Gasteiger partial charge in [0.05, 0.1) is 0 Å². The van der Waals surface area contributed by atoms with Gasteiger partial charge in [-0.2, -0.15) is 0 Å². The zero-order valence-electron chi connectivity index (χ0n) is 12.1. The van der Waals surface area contributed by atoms with E-state index < -0.39 is 6.10 Å². The summed E-state index contributed by atoms with van der Waals surface area (Å²) >= 11 is 0. The Morgan fingerprint density at radius 3 is 2.48 bits per heavy atom. The predicted octanol–water partition coefficient (Wildman–Crippen LogP) is 2.97. The maximum Gasteiger partial charge on any atom is 0.137 e. The highest BCUT2D eigenvalue weighted by molar-refractivity contribution is 5.36. The Balaban J connectivity index is 1.87. The van der Waals surface area contributed by atoms with Gasteiger partial charge in [-0.3, -0.25) is 4.57 Å². The van der Waals surface area contributed by atoms with E-state index in [1.165, 1.54) is 11.1 Å². The lowest BCUT2D eigenvalue weighted by Crippen LogP contribution is -2.02. The van der Waals surface area contributed by atoms with Crippen LogP contribution in [0.4, 0.5) is 0 Å². The lowest BCUT2D eigenvalue weighted by atomic mass is 9.99. The van der Waals surface area contributed by atoms with Crippen LogP contribution in [0.2, 0.25) is 0 Å². The van der Waals surface area contributed by atoms with Gasteiger partial charge in [0, 0.05) is 24.2 Å². The molecule has 0 aliphatic rings. The molecule has 0 amide bonds. The molecule has 0 saturated carbocycles. The quantitative estimate of drug-likeness (QED) is 0.802. The second-order valence-electron chi connectivity index (χ2n) is 5.17. The highest BCUT2D eigenvalue weighted by atomic mass is 16.3. The first-order valence-electron chi connectivity index (χ1n) is 6.84. The molecule has 1 N–H and O–H groups in total. The molecule has 0 aliphatic carbocycles. The maximum absolute atomic E-state index is 10.5. The van der Waals surface area contributed by atoms with E-state index in [0.29, 0.717) is 0 Å². The molecule has 1 unspecified atom stereocenters. The monoisotopic (exact) mass is 279 g/mol. The molecule has 0 bridgehead atoms. The number of nitrogens with zero attached hydrogens (tertiary/aromatic N) is 3. The summed E-state index contributed by atoms with van der Waals surface area (Å²) in [6.45, 7) is 4.11. The van der Waals surface area contributed by atoms with Crippen LogP contribution >= 0.6 is 0 Å². The molecule has 1 atom stereocenters. The van der Waals surface area contributed by atoms with Crippen molar-refractivity contribution in [2.24, 2.45) is 0 Å². The molecule has 0 radical (unpaired) electrons. The lowest BCUT2D eigenvalue weighted by molar-refractivity contribution is 0.220. The van der Waals surface area contributed by atoms with Gasteiger partial charge in [-0.05, 0) is 36.6 Å². The molecule has 3 rings (SSSR count). The van der Waals surface area contributed by atoms with Crippen LogP contribution in [0, 0.1) is 13.8 Å². The van der Waals surface area contributed by atoms with E-state index in [2.05, 4.69) is 16.9 Å². The third-order valence-electron chi connectivity index (χ3n) is 3.70. The first-order valence-corrected chi connectivity index (χ1v) is 6.84. The summed E-state index contributed by atoms with van der Waals surface area (Å²) in [5.41, 5.74) is 4.06. The minimum absolute atomic E-state index is 0.659. The Kier molecular flexibility index (Phi) is 3.54. The smallest absolute Gasteiger partial charge is 0.137 e. The lowest BCUT2D eigenvalue weighted by Gasteiger charge is -2.13. The number of aromatic nitrogens is 3. The van der Waals surface area contributed by atoms with Crippen molar-refractivity contribution in [3.05, 3.63) is 77.5 Å². The number of imidazole rings is 1. The molecule has 2 heterocycles. The number of rotatable bonds is 3. The number of hydrogen-bond donors (Lipinski definition) is 1. The van der Waals surface area contributed by atoms with Crippen LogP contribution in [0.25, 0.3) is 5.82 Å². The summed E-state index contributed by atoms with van der Waals surface area (Å²) < 4.78 is 1.83. The molecular weight excluding hydrogens is 262 g/mol. The van der Waals surface area contributed by atoms with Gasteiger partial charge in [0.2, 0.25) is 0 Å². The van der Waals surface area contributed by atoms with Crippen molar-refractivity contribution in [2.75, 3.05) is 0 Å². The number of aryl methyl sites for hydroxylation is 2. The van der Waals surface area contributed by atoms with Crippen molar-refractivity contribution in [1.29, 1.82) is 0 Å². The fraction of sp³-hybridized carbons (Fsp3) is 0.176. The van der Waals surface area contributed by atoms with E-state index in [0.717, 1.165) is 16.9 Å². The van der Waals surface area contributed by atoms with E-state index >= 15 is 0 Å². The van der Waals surface area contributed by atoms with Gasteiger partial charge in [-0.15, -0.1) is 0 Å². The fourth-order valence-corrected chi connectivity index (χ4v) is 2.23. The van der Waals surface area contributed by atoms with E-state index in [1.807, 2.05) is 48.0 Å². The highest BCUT2D eigenvalue weighted by Crippen LogP contribution is 2.23. The molecule has 21 heavy (non-hydrogen) atoms. The first-order chi connectivity index (χ1) is 10.1. The normalized spacial score (nSPS) is 12.3. The Bertz CT molecular complexity index is 733. The van der Waals surface area contributed by atoms with Crippen molar-refractivity contribution >= 4 is 0 Å². The van der Waals surface area contributed by atoms with Crippen molar-refractivity contribution in [1.82, 2.24) is 14.5 Å². The molecule has 0 saturated heterocycles. The predicted molar refractivity (Wildman–Crippen MR) is 81.3 cm³/mol. The van der Waals surface area contributed by atoms with Gasteiger partial charge in [0.25, 0.3) is 0 Å². The molecule has 3 aromatic rings. The summed E-state index contributed by atoms with van der Waals surface area (Å²) in [6, 6.07) is 9.77. The van der Waals surface area contributed by atoms with Gasteiger partial charge in [0.1, 0.15) is 18.2 Å². The molecule has 4 nitrogen and oxygen atoms in total. The summed E-state index contributed by atoms with van der Waals surface area (Å²) in [4.78, 5) is 8.37. The van der Waals surface area contributed by atoms with Gasteiger partial charge >= 0.3 is 0 Å². The Morgan fingerprint density at radius 2 is 1.86 bits per heavy atom. The molecule has 2 aromatic heterocycles. The number of hydrogen-bond acceptors (Lipinski definition) is 3. The standard InChI is InChI=1S/C17H17N3O/c1-12-3-4-14(9-13(12)2)17(21)15-5-6-16(19-10-15)20-8-7-18-11-20/h3-11,17,21H,1-2H3. The Morgan fingerprint density at radius 1 is 1.05 bits per heavy atom. The summed E-state index contributed by atoms with van der Waals surface area (Å²) in [5, 5.41) is 10.5. The second-order valence-corrected chi connectivity index (χ2v) is 5.17. The fourth-order valence-electron chi connectivity index (χ4n) is 2.23. The average Bonchev–Trinajstić information content (AvgIpc) is 3.04. The van der Waals surface area contributed by atoms with Crippen LogP contribution in [0.15, 0.2) is 55.2 Å². The molecular formula is C17H17N3O. The van der Waals surface area contributed by atoms with Gasteiger partial charge < -0.3 is 5.11 Å². The number of aliphatic hydroxyl groups excluding tert-OH is 1. The van der Waals surface area contributed by atoms with Crippen LogP contribution in [-0.4, -0.2) is 19.6 Å². The minimum Gasteiger partial charge on any atom is -0.384 e. The average molecular weight is 279 g/mol. The summed E-state index contributed by atoms with van der Waals surface area (Å²) in [6.07, 6.45) is 6.28. The third kappa shape index (κ3) is 2.71. The van der Waals surface area contributed by atoms with Crippen LogP contribution in [0.3, 0.4) is 0 Å². The first kappa shape index (κ1) is 13.5. The Labute approximate surface area is 123 Å². The van der Waals surface area contributed by atoms with Crippen LogP contribution < -0.4 is 0 Å². The van der Waals surface area contributed by atoms with Crippen LogP contribution in [0.1, 0.15) is 28.4 Å². The van der Waals surface area contributed by atoms with Crippen molar-refractivity contribution in [3.8, 4) is 5.82 Å². The number of pyridine rings is 1. The van der Waals surface area contributed by atoms with E-state index in [-0.39, 0.29) is 0 Å². The maximum atomic E-state index is 10.5. The topological polar surface area (TPSA) is 50.9 Å². The molecule has 4 heteroatoms. The third-order valence-corrected chi connectivity index (χ3v) is 3.70. The zero-order chi connectivity index (χ0) is 14.8. The van der Waals surface area contributed by atoms with Gasteiger partial charge in [-0.1, -0.05) is 24.3 Å². The Hall–Kier alpha value is -2.46. The molecule has 1 aromatic carbocycles. The second kappa shape index (κ2) is 5.50. The zero-order valence-corrected chi connectivity index (χ0v) is 12.1. The van der Waals surface area contributed by atoms with Crippen molar-refractivity contribution < 1.29 is 5.11 Å². The van der Waals surface area contributed by atoms with Gasteiger partial charge in [0.15, 0.2) is 0 Å². The summed E-state index contributed by atoms with van der Waals surface area (Å²) in [7, 11) is 0. The number of benzene rings is 1. The van der Waals surface area contributed by atoms with Gasteiger partial charge in [-0.25, -0.2) is 9.97 Å². The van der Waals surface area contributed by atoms with Crippen LogP contribution in [-0.2, 0) is 0 Å². The van der Waals surface area contributed by atoms with Crippen molar-refractivity contribution in [3.63, 3.8) is 0 Å².